The summed E-state index contributed by atoms with van der Waals surface area (Å²) in [7, 11) is 0. The van der Waals surface area contributed by atoms with Crippen molar-refractivity contribution in [3.63, 3.8) is 0 Å². The van der Waals surface area contributed by atoms with Crippen LogP contribution in [0.1, 0.15) is 31.2 Å². The highest BCUT2D eigenvalue weighted by Crippen LogP contribution is 2.45. The molecule has 1 fully saturated rings. The zero-order valence-electron chi connectivity index (χ0n) is 8.74. The fourth-order valence-corrected chi connectivity index (χ4v) is 2.37. The number of aliphatic imine (C=N–C) groups is 1. The number of nitrogens with zero attached hydrogens (tertiary/aromatic N) is 1. The molecule has 3 nitrogen and oxygen atoms in total. The molecular formula is C12H12FNO2. The number of carbonyl (C=O) groups excluding carboxylic acids is 1. The van der Waals surface area contributed by atoms with Crippen molar-refractivity contribution in [3.05, 3.63) is 29.6 Å². The summed E-state index contributed by atoms with van der Waals surface area (Å²) >= 11 is 0. The van der Waals surface area contributed by atoms with E-state index in [1.807, 2.05) is 0 Å². The first-order chi connectivity index (χ1) is 7.68. The fourth-order valence-electron chi connectivity index (χ4n) is 2.37. The van der Waals surface area contributed by atoms with Crippen LogP contribution >= 0.6 is 0 Å². The van der Waals surface area contributed by atoms with Crippen molar-refractivity contribution in [3.8, 4) is 5.75 Å². The van der Waals surface area contributed by atoms with Crippen molar-refractivity contribution in [2.24, 2.45) is 4.99 Å². The summed E-state index contributed by atoms with van der Waals surface area (Å²) in [6.45, 7) is 0. The van der Waals surface area contributed by atoms with Crippen LogP contribution < -0.4 is 0 Å². The van der Waals surface area contributed by atoms with Crippen LogP contribution in [0, 0.1) is 5.82 Å². The second-order valence-electron chi connectivity index (χ2n) is 4.10. The minimum atomic E-state index is -0.770. The molecule has 1 aromatic carbocycles. The van der Waals surface area contributed by atoms with Gasteiger partial charge in [0.15, 0.2) is 0 Å². The largest absolute Gasteiger partial charge is 0.508 e. The van der Waals surface area contributed by atoms with E-state index in [2.05, 4.69) is 4.99 Å². The van der Waals surface area contributed by atoms with Gasteiger partial charge in [-0.2, -0.15) is 4.99 Å². The molecule has 0 aliphatic heterocycles. The third-order valence-electron chi connectivity index (χ3n) is 3.15. The molecule has 0 unspecified atom stereocenters. The lowest BCUT2D eigenvalue weighted by molar-refractivity contribution is 0.405. The maximum Gasteiger partial charge on any atom is 0.235 e. The fraction of sp³-hybridized carbons (Fsp3) is 0.417. The topological polar surface area (TPSA) is 49.7 Å². The van der Waals surface area contributed by atoms with Crippen molar-refractivity contribution in [2.45, 2.75) is 31.2 Å². The average molecular weight is 221 g/mol. The van der Waals surface area contributed by atoms with Gasteiger partial charge in [0.1, 0.15) is 17.1 Å². The van der Waals surface area contributed by atoms with Gasteiger partial charge in [0.25, 0.3) is 0 Å². The van der Waals surface area contributed by atoms with E-state index < -0.39 is 11.4 Å². The smallest absolute Gasteiger partial charge is 0.235 e. The number of aromatic hydroxyl groups is 1. The van der Waals surface area contributed by atoms with E-state index in [9.17, 15) is 14.3 Å². The SMILES string of the molecule is O=C=NC1(c2cc(F)ccc2O)CCCC1. The summed E-state index contributed by atoms with van der Waals surface area (Å²) in [6.07, 6.45) is 4.68. The van der Waals surface area contributed by atoms with Gasteiger partial charge in [-0.15, -0.1) is 0 Å². The Bertz CT molecular complexity index is 446. The first-order valence-corrected chi connectivity index (χ1v) is 5.26. The molecule has 0 bridgehead atoms. The molecule has 1 aliphatic rings. The number of phenols is 1. The number of hydrogen-bond donors (Lipinski definition) is 1. The molecule has 16 heavy (non-hydrogen) atoms. The molecule has 0 atom stereocenters. The van der Waals surface area contributed by atoms with Gasteiger partial charge in [0, 0.05) is 5.56 Å². The van der Waals surface area contributed by atoms with Gasteiger partial charge in [-0.25, -0.2) is 9.18 Å². The summed E-state index contributed by atoms with van der Waals surface area (Å²) in [5.41, 5.74) is -0.373. The molecule has 84 valence electrons. The molecule has 0 aromatic heterocycles. The Morgan fingerprint density at radius 2 is 2.06 bits per heavy atom. The Labute approximate surface area is 92.6 Å². The predicted molar refractivity (Wildman–Crippen MR) is 56.3 cm³/mol. The normalized spacial score (nSPS) is 18.1. The van der Waals surface area contributed by atoms with Crippen molar-refractivity contribution in [1.29, 1.82) is 0 Å². The Hall–Kier alpha value is -1.67. The van der Waals surface area contributed by atoms with Crippen LogP contribution in [-0.4, -0.2) is 11.2 Å². The summed E-state index contributed by atoms with van der Waals surface area (Å²) in [6, 6.07) is 3.73. The molecule has 4 heteroatoms. The third-order valence-corrected chi connectivity index (χ3v) is 3.15. The number of rotatable bonds is 2. The zero-order valence-corrected chi connectivity index (χ0v) is 8.74. The lowest BCUT2D eigenvalue weighted by Gasteiger charge is -2.23. The Morgan fingerprint density at radius 3 is 2.69 bits per heavy atom. The van der Waals surface area contributed by atoms with Crippen LogP contribution in [0.5, 0.6) is 5.75 Å². The van der Waals surface area contributed by atoms with Crippen LogP contribution in [0.4, 0.5) is 4.39 Å². The molecule has 1 aromatic rings. The van der Waals surface area contributed by atoms with Crippen molar-refractivity contribution in [2.75, 3.05) is 0 Å². The minimum absolute atomic E-state index is 0.0118. The van der Waals surface area contributed by atoms with Crippen LogP contribution in [0.2, 0.25) is 0 Å². The highest BCUT2D eigenvalue weighted by atomic mass is 19.1. The maximum atomic E-state index is 13.2. The second kappa shape index (κ2) is 4.06. The standard InChI is InChI=1S/C12H12FNO2/c13-9-3-4-11(16)10(7-9)12(14-8-15)5-1-2-6-12/h3-4,7,16H,1-2,5-6H2. The molecule has 1 saturated carbocycles. The molecule has 0 spiro atoms. The minimum Gasteiger partial charge on any atom is -0.508 e. The molecule has 0 radical (unpaired) electrons. The van der Waals surface area contributed by atoms with Crippen LogP contribution in [0.3, 0.4) is 0 Å². The summed E-state index contributed by atoms with van der Waals surface area (Å²) in [5, 5.41) is 9.73. The molecule has 1 aliphatic carbocycles. The van der Waals surface area contributed by atoms with Crippen molar-refractivity contribution < 1.29 is 14.3 Å². The summed E-state index contributed by atoms with van der Waals surface area (Å²) in [5.74, 6) is -0.442. The number of phenolic OH excluding ortho intramolecular Hbond substituents is 1. The summed E-state index contributed by atoms with van der Waals surface area (Å²) in [4.78, 5) is 14.3. The first-order valence-electron chi connectivity index (χ1n) is 5.26. The lowest BCUT2D eigenvalue weighted by atomic mass is 9.88. The number of isocyanates is 1. The van der Waals surface area contributed by atoms with E-state index in [0.717, 1.165) is 12.8 Å². The number of halogens is 1. The molecule has 0 amide bonds. The van der Waals surface area contributed by atoms with Gasteiger partial charge in [-0.3, -0.25) is 0 Å². The number of benzene rings is 1. The predicted octanol–water partition coefficient (Wildman–Crippen LogP) is 2.64. The molecule has 2 rings (SSSR count). The van der Waals surface area contributed by atoms with Crippen LogP contribution in [0.15, 0.2) is 23.2 Å². The quantitative estimate of drug-likeness (QED) is 0.616. The molecule has 0 saturated heterocycles. The number of hydrogen-bond acceptors (Lipinski definition) is 3. The van der Waals surface area contributed by atoms with Crippen LogP contribution in [-0.2, 0) is 10.3 Å². The van der Waals surface area contributed by atoms with E-state index in [1.54, 1.807) is 0 Å². The van der Waals surface area contributed by atoms with Gasteiger partial charge in [-0.1, -0.05) is 12.8 Å². The summed E-state index contributed by atoms with van der Waals surface area (Å²) < 4.78 is 13.2. The van der Waals surface area contributed by atoms with Gasteiger partial charge < -0.3 is 5.11 Å². The Morgan fingerprint density at radius 1 is 1.38 bits per heavy atom. The first kappa shape index (κ1) is 10.8. The van der Waals surface area contributed by atoms with Crippen LogP contribution in [0.25, 0.3) is 0 Å². The highest BCUT2D eigenvalue weighted by Gasteiger charge is 2.37. The van der Waals surface area contributed by atoms with E-state index >= 15 is 0 Å². The monoisotopic (exact) mass is 221 g/mol. The zero-order chi connectivity index (χ0) is 11.6. The highest BCUT2D eigenvalue weighted by molar-refractivity contribution is 5.44. The van der Waals surface area contributed by atoms with E-state index in [4.69, 9.17) is 0 Å². The van der Waals surface area contributed by atoms with E-state index in [-0.39, 0.29) is 5.75 Å². The second-order valence-corrected chi connectivity index (χ2v) is 4.10. The lowest BCUT2D eigenvalue weighted by Crippen LogP contribution is -2.19. The van der Waals surface area contributed by atoms with Crippen molar-refractivity contribution >= 4 is 6.08 Å². The van der Waals surface area contributed by atoms with Gasteiger partial charge in [0.05, 0.1) is 0 Å². The molecule has 1 N–H and O–H groups in total. The molecule has 0 heterocycles. The van der Waals surface area contributed by atoms with Gasteiger partial charge >= 0.3 is 0 Å². The van der Waals surface area contributed by atoms with Crippen molar-refractivity contribution in [1.82, 2.24) is 0 Å². The molecular weight excluding hydrogens is 209 g/mol. The van der Waals surface area contributed by atoms with E-state index in [0.29, 0.717) is 18.4 Å². The third kappa shape index (κ3) is 1.72. The Balaban J connectivity index is 2.54. The average Bonchev–Trinajstić information content (AvgIpc) is 2.72. The van der Waals surface area contributed by atoms with Gasteiger partial charge in [0.2, 0.25) is 6.08 Å². The van der Waals surface area contributed by atoms with E-state index in [1.165, 1.54) is 24.3 Å². The maximum absolute atomic E-state index is 13.2. The Kier molecular flexibility index (Phi) is 2.75. The van der Waals surface area contributed by atoms with Gasteiger partial charge in [-0.05, 0) is 31.0 Å².